The van der Waals surface area contributed by atoms with Gasteiger partial charge in [0.05, 0.1) is 10.8 Å². The molecule has 0 spiro atoms. The van der Waals surface area contributed by atoms with Gasteiger partial charge in [0.25, 0.3) is 0 Å². The third kappa shape index (κ3) is 4.99. The first-order valence-electron chi connectivity index (χ1n) is 12.1. The maximum atomic E-state index is 13.8. The average Bonchev–Trinajstić information content (AvgIpc) is 3.54. The van der Waals surface area contributed by atoms with Crippen LogP contribution in [0.5, 0.6) is 0 Å². The lowest BCUT2D eigenvalue weighted by molar-refractivity contribution is -0.125. The summed E-state index contributed by atoms with van der Waals surface area (Å²) in [6, 6.07) is 11.6. The van der Waals surface area contributed by atoms with Crippen molar-refractivity contribution < 1.29 is 17.7 Å². The quantitative estimate of drug-likeness (QED) is 0.589. The summed E-state index contributed by atoms with van der Waals surface area (Å²) in [5, 5.41) is 7.13. The largest absolute Gasteiger partial charge is 0.356 e. The molecule has 2 aromatic heterocycles. The number of carbonyl (C=O) groups is 1. The third-order valence-corrected chi connectivity index (χ3v) is 8.84. The van der Waals surface area contributed by atoms with Gasteiger partial charge < -0.3 is 9.84 Å². The van der Waals surface area contributed by atoms with Crippen LogP contribution in [0.15, 0.2) is 64.3 Å². The zero-order valence-electron chi connectivity index (χ0n) is 19.4. The molecule has 10 heteroatoms. The summed E-state index contributed by atoms with van der Waals surface area (Å²) in [4.78, 5) is 22.1. The molecule has 3 atom stereocenters. The van der Waals surface area contributed by atoms with Gasteiger partial charge in [-0.1, -0.05) is 36.2 Å². The lowest BCUT2D eigenvalue weighted by Crippen LogP contribution is -2.47. The molecule has 5 rings (SSSR count). The number of carbonyl (C=O) groups excluding carboxylic acids is 1. The van der Waals surface area contributed by atoms with Gasteiger partial charge in [-0.2, -0.15) is 9.29 Å². The van der Waals surface area contributed by atoms with Crippen LogP contribution < -0.4 is 5.32 Å². The van der Waals surface area contributed by atoms with E-state index in [-0.39, 0.29) is 16.7 Å². The van der Waals surface area contributed by atoms with Crippen LogP contribution in [0.1, 0.15) is 50.3 Å². The van der Waals surface area contributed by atoms with Crippen molar-refractivity contribution >= 4 is 15.9 Å². The first kappa shape index (κ1) is 23.6. The van der Waals surface area contributed by atoms with E-state index in [9.17, 15) is 13.2 Å². The molecule has 2 fully saturated rings. The molecule has 35 heavy (non-hydrogen) atoms. The summed E-state index contributed by atoms with van der Waals surface area (Å²) in [7, 11) is -3.78. The Morgan fingerprint density at radius 3 is 2.63 bits per heavy atom. The minimum atomic E-state index is -3.78. The number of rotatable bonds is 4. The minimum absolute atomic E-state index is 0.111. The fourth-order valence-corrected chi connectivity index (χ4v) is 6.84. The molecule has 184 valence electrons. The van der Waals surface area contributed by atoms with E-state index >= 15 is 0 Å². The van der Waals surface area contributed by atoms with Crippen molar-refractivity contribution in [2.75, 3.05) is 13.1 Å². The van der Waals surface area contributed by atoms with Gasteiger partial charge in [-0.15, -0.1) is 0 Å². The highest BCUT2D eigenvalue weighted by Gasteiger charge is 2.47. The van der Waals surface area contributed by atoms with Crippen molar-refractivity contribution in [1.29, 1.82) is 0 Å². The van der Waals surface area contributed by atoms with E-state index in [0.717, 1.165) is 31.2 Å². The Hall–Kier alpha value is -3.11. The number of sulfonamides is 1. The van der Waals surface area contributed by atoms with Crippen molar-refractivity contribution in [3.8, 4) is 11.4 Å². The van der Waals surface area contributed by atoms with E-state index in [1.54, 1.807) is 53.1 Å². The zero-order valence-corrected chi connectivity index (χ0v) is 20.2. The highest BCUT2D eigenvalue weighted by atomic mass is 32.2. The number of pyridine rings is 1. The van der Waals surface area contributed by atoms with Gasteiger partial charge >= 0.3 is 0 Å². The van der Waals surface area contributed by atoms with Crippen molar-refractivity contribution in [1.82, 2.24) is 24.7 Å². The zero-order chi connectivity index (χ0) is 24.3. The van der Waals surface area contributed by atoms with E-state index < -0.39 is 22.0 Å². The number of nitrogens with one attached hydrogen (secondary N) is 1. The minimum Gasteiger partial charge on any atom is -0.356 e. The Labute approximate surface area is 205 Å². The third-order valence-electron chi connectivity index (χ3n) is 6.90. The normalized spacial score (nSPS) is 24.3. The molecule has 3 aromatic rings. The Balaban J connectivity index is 1.48. The van der Waals surface area contributed by atoms with E-state index in [4.69, 9.17) is 4.52 Å². The Morgan fingerprint density at radius 2 is 1.83 bits per heavy atom. The van der Waals surface area contributed by atoms with Gasteiger partial charge in [0, 0.05) is 43.0 Å². The molecule has 1 aromatic carbocycles. The molecule has 1 amide bonds. The number of aromatic nitrogens is 3. The SMILES string of the molecule is O=C1NCCCCCCN(S(=O)(=O)c2ccccc2)C2CC(c3nc(-c4cccnc4)no3)CC12. The monoisotopic (exact) mass is 495 g/mol. The molecule has 1 aliphatic heterocycles. The predicted molar refractivity (Wildman–Crippen MR) is 129 cm³/mol. The molecule has 0 radical (unpaired) electrons. The van der Waals surface area contributed by atoms with Crippen LogP contribution in [-0.4, -0.2) is 52.9 Å². The summed E-state index contributed by atoms with van der Waals surface area (Å²) in [5.41, 5.74) is 0.738. The Bertz CT molecular complexity index is 1250. The highest BCUT2D eigenvalue weighted by Crippen LogP contribution is 2.43. The molecule has 1 N–H and O–H groups in total. The van der Waals surface area contributed by atoms with E-state index in [1.807, 2.05) is 6.07 Å². The standard InChI is InChI=1S/C25H29N5O4S/c31-24-21-15-19(25-28-23(29-34-25)18-9-8-12-26-17-18)16-22(21)30(14-7-2-1-6-13-27-24)35(32,33)20-10-4-3-5-11-20/h3-5,8-12,17,19,21-22H,1-2,6-7,13-16H2,(H,27,31). The molecule has 1 aliphatic carbocycles. The molecule has 2 aliphatic rings. The molecule has 3 heterocycles. The topological polar surface area (TPSA) is 118 Å². The summed E-state index contributed by atoms with van der Waals surface area (Å²) < 4.78 is 34.7. The van der Waals surface area contributed by atoms with Crippen molar-refractivity contribution in [2.45, 2.75) is 55.4 Å². The maximum Gasteiger partial charge on any atom is 0.243 e. The van der Waals surface area contributed by atoms with Crippen LogP contribution in [0.4, 0.5) is 0 Å². The summed E-state index contributed by atoms with van der Waals surface area (Å²) in [6.45, 7) is 0.979. The first-order valence-corrected chi connectivity index (χ1v) is 13.6. The Kier molecular flexibility index (Phi) is 6.92. The number of hydrogen-bond acceptors (Lipinski definition) is 7. The van der Waals surface area contributed by atoms with Gasteiger partial charge in [-0.05, 0) is 49.9 Å². The molecule has 9 nitrogen and oxygen atoms in total. The van der Waals surface area contributed by atoms with E-state index in [2.05, 4.69) is 20.4 Å². The number of benzene rings is 1. The number of hydrogen-bond donors (Lipinski definition) is 1. The van der Waals surface area contributed by atoms with Gasteiger partial charge in [0.1, 0.15) is 0 Å². The Morgan fingerprint density at radius 1 is 1.00 bits per heavy atom. The first-order chi connectivity index (χ1) is 17.0. The molecule has 0 bridgehead atoms. The molecular formula is C25H29N5O4S. The van der Waals surface area contributed by atoms with Crippen LogP contribution in [-0.2, 0) is 14.8 Å². The van der Waals surface area contributed by atoms with Crippen molar-refractivity contribution in [3.05, 3.63) is 60.7 Å². The lowest BCUT2D eigenvalue weighted by atomic mass is 10.0. The van der Waals surface area contributed by atoms with Gasteiger partial charge in [0.15, 0.2) is 0 Å². The van der Waals surface area contributed by atoms with E-state index in [0.29, 0.717) is 37.6 Å². The van der Waals surface area contributed by atoms with Crippen molar-refractivity contribution in [3.63, 3.8) is 0 Å². The molecular weight excluding hydrogens is 466 g/mol. The van der Waals surface area contributed by atoms with Crippen LogP contribution in [0.25, 0.3) is 11.4 Å². The van der Waals surface area contributed by atoms with Crippen LogP contribution in [0.2, 0.25) is 0 Å². The smallest absolute Gasteiger partial charge is 0.243 e. The molecule has 3 unspecified atom stereocenters. The number of amides is 1. The second-order valence-corrected chi connectivity index (χ2v) is 11.1. The molecule has 1 saturated carbocycles. The molecule has 1 saturated heterocycles. The maximum absolute atomic E-state index is 13.8. The van der Waals surface area contributed by atoms with Crippen molar-refractivity contribution in [2.24, 2.45) is 5.92 Å². The van der Waals surface area contributed by atoms with Gasteiger partial charge in [0.2, 0.25) is 27.6 Å². The second-order valence-electron chi connectivity index (χ2n) is 9.17. The van der Waals surface area contributed by atoms with Crippen LogP contribution in [0.3, 0.4) is 0 Å². The highest BCUT2D eigenvalue weighted by molar-refractivity contribution is 7.89. The summed E-state index contributed by atoms with van der Waals surface area (Å²) in [6.07, 6.45) is 7.73. The average molecular weight is 496 g/mol. The van der Waals surface area contributed by atoms with Gasteiger partial charge in [-0.3, -0.25) is 9.78 Å². The van der Waals surface area contributed by atoms with E-state index in [1.165, 1.54) is 0 Å². The van der Waals surface area contributed by atoms with Crippen LogP contribution in [0, 0.1) is 5.92 Å². The summed E-state index contributed by atoms with van der Waals surface area (Å²) in [5.74, 6) is 0.0316. The van der Waals surface area contributed by atoms with Gasteiger partial charge in [-0.25, -0.2) is 8.42 Å². The number of nitrogens with zero attached hydrogens (tertiary/aromatic N) is 4. The second kappa shape index (κ2) is 10.2. The fourth-order valence-electron chi connectivity index (χ4n) is 5.11. The predicted octanol–water partition coefficient (Wildman–Crippen LogP) is 3.37. The number of fused-ring (bicyclic) bond motifs is 1. The summed E-state index contributed by atoms with van der Waals surface area (Å²) >= 11 is 0. The van der Waals surface area contributed by atoms with Crippen LogP contribution >= 0.6 is 0 Å². The lowest BCUT2D eigenvalue weighted by Gasteiger charge is -2.31. The fraction of sp³-hybridized carbons (Fsp3) is 0.440.